The normalized spacial score (nSPS) is 15.6. The van der Waals surface area contributed by atoms with Gasteiger partial charge in [-0.3, -0.25) is 4.79 Å². The van der Waals surface area contributed by atoms with Crippen molar-refractivity contribution in [2.24, 2.45) is 0 Å². The molecule has 0 bridgehead atoms. The number of carbonyl (C=O) groups is 1. The van der Waals surface area contributed by atoms with Crippen molar-refractivity contribution in [3.8, 4) is 11.5 Å². The van der Waals surface area contributed by atoms with Crippen molar-refractivity contribution in [3.63, 3.8) is 0 Å². The molecule has 1 heterocycles. The Bertz CT molecular complexity index is 984. The number of para-hydroxylation sites is 1. The number of methoxy groups -OCH3 is 1. The van der Waals surface area contributed by atoms with Crippen LogP contribution in [0.5, 0.6) is 11.5 Å². The molecule has 1 fully saturated rings. The van der Waals surface area contributed by atoms with Crippen molar-refractivity contribution >= 4 is 15.9 Å². The quantitative estimate of drug-likeness (QED) is 0.727. The second kappa shape index (κ2) is 9.49. The number of aryl methyl sites for hydroxylation is 2. The molecule has 30 heavy (non-hydrogen) atoms. The van der Waals surface area contributed by atoms with Crippen LogP contribution in [0.2, 0.25) is 0 Å². The Kier molecular flexibility index (Phi) is 6.99. The number of benzene rings is 2. The summed E-state index contributed by atoms with van der Waals surface area (Å²) in [6, 6.07) is 12.5. The van der Waals surface area contributed by atoms with E-state index in [1.54, 1.807) is 24.3 Å². The molecule has 2 aromatic carbocycles. The number of carbonyl (C=O) groups excluding carboxylic acids is 1. The standard InChI is InChI=1S/C22H28N2O5S/c1-16-13-20(28-3)21(14-17(16)2)30(26,27)24-11-9-18(10-12-24)23-22(25)15-29-19-7-5-4-6-8-19/h4-8,13-14,18H,9-12,15H2,1-3H3,(H,23,25). The highest BCUT2D eigenvalue weighted by molar-refractivity contribution is 7.89. The zero-order valence-corrected chi connectivity index (χ0v) is 18.4. The highest BCUT2D eigenvalue weighted by Crippen LogP contribution is 2.31. The first-order chi connectivity index (χ1) is 14.3. The number of hydrogen-bond acceptors (Lipinski definition) is 5. The van der Waals surface area contributed by atoms with Crippen molar-refractivity contribution in [3.05, 3.63) is 53.6 Å². The van der Waals surface area contributed by atoms with Crippen LogP contribution in [-0.2, 0) is 14.8 Å². The van der Waals surface area contributed by atoms with Crippen molar-refractivity contribution in [2.45, 2.75) is 37.6 Å². The molecule has 1 aliphatic heterocycles. The van der Waals surface area contributed by atoms with Gasteiger partial charge < -0.3 is 14.8 Å². The first kappa shape index (κ1) is 22.1. The minimum atomic E-state index is -3.67. The van der Waals surface area contributed by atoms with Gasteiger partial charge in [0.2, 0.25) is 10.0 Å². The lowest BCUT2D eigenvalue weighted by molar-refractivity contribution is -0.124. The van der Waals surface area contributed by atoms with E-state index in [2.05, 4.69) is 5.32 Å². The maximum atomic E-state index is 13.2. The van der Waals surface area contributed by atoms with Crippen LogP contribution < -0.4 is 14.8 Å². The molecule has 1 N–H and O–H groups in total. The highest BCUT2D eigenvalue weighted by Gasteiger charge is 2.32. The van der Waals surface area contributed by atoms with Gasteiger partial charge in [0, 0.05) is 19.1 Å². The third-order valence-corrected chi connectivity index (χ3v) is 7.25. The van der Waals surface area contributed by atoms with E-state index in [0.29, 0.717) is 37.4 Å². The van der Waals surface area contributed by atoms with Crippen LogP contribution in [0.1, 0.15) is 24.0 Å². The summed E-state index contributed by atoms with van der Waals surface area (Å²) in [7, 11) is -2.20. The molecule has 162 valence electrons. The second-order valence-electron chi connectivity index (χ2n) is 7.43. The molecule has 8 heteroatoms. The first-order valence-corrected chi connectivity index (χ1v) is 11.4. The first-order valence-electron chi connectivity index (χ1n) is 9.94. The number of ether oxygens (including phenoxy) is 2. The van der Waals surface area contributed by atoms with Crippen LogP contribution >= 0.6 is 0 Å². The molecule has 3 rings (SSSR count). The number of amides is 1. The smallest absolute Gasteiger partial charge is 0.258 e. The summed E-state index contributed by atoms with van der Waals surface area (Å²) in [6.07, 6.45) is 1.09. The Morgan fingerprint density at radius 3 is 2.37 bits per heavy atom. The van der Waals surface area contributed by atoms with Crippen LogP contribution in [0.15, 0.2) is 47.4 Å². The van der Waals surface area contributed by atoms with E-state index in [1.165, 1.54) is 11.4 Å². The Hall–Kier alpha value is -2.58. The maximum Gasteiger partial charge on any atom is 0.258 e. The van der Waals surface area contributed by atoms with Crippen LogP contribution in [0.25, 0.3) is 0 Å². The molecular formula is C22H28N2O5S. The number of rotatable bonds is 7. The second-order valence-corrected chi connectivity index (χ2v) is 9.34. The van der Waals surface area contributed by atoms with Crippen molar-refractivity contribution in [1.82, 2.24) is 9.62 Å². The largest absolute Gasteiger partial charge is 0.495 e. The zero-order valence-electron chi connectivity index (χ0n) is 17.6. The fourth-order valence-corrected chi connectivity index (χ4v) is 5.13. The van der Waals surface area contributed by atoms with E-state index in [9.17, 15) is 13.2 Å². The van der Waals surface area contributed by atoms with E-state index in [4.69, 9.17) is 9.47 Å². The molecule has 0 aromatic heterocycles. The van der Waals surface area contributed by atoms with E-state index >= 15 is 0 Å². The zero-order chi connectivity index (χ0) is 21.7. The van der Waals surface area contributed by atoms with Crippen LogP contribution in [0.3, 0.4) is 0 Å². The lowest BCUT2D eigenvalue weighted by Gasteiger charge is -2.32. The van der Waals surface area contributed by atoms with Gasteiger partial charge in [-0.1, -0.05) is 18.2 Å². The lowest BCUT2D eigenvalue weighted by Crippen LogP contribution is -2.47. The minimum absolute atomic E-state index is 0.0671. The average Bonchev–Trinajstić information content (AvgIpc) is 2.75. The topological polar surface area (TPSA) is 84.9 Å². The molecular weight excluding hydrogens is 404 g/mol. The number of hydrogen-bond donors (Lipinski definition) is 1. The monoisotopic (exact) mass is 432 g/mol. The molecule has 0 saturated carbocycles. The molecule has 0 atom stereocenters. The summed E-state index contributed by atoms with van der Waals surface area (Å²) in [4.78, 5) is 12.3. The fraction of sp³-hybridized carbons (Fsp3) is 0.409. The third-order valence-electron chi connectivity index (χ3n) is 5.33. The molecule has 1 saturated heterocycles. The summed E-state index contributed by atoms with van der Waals surface area (Å²) in [6.45, 7) is 4.41. The van der Waals surface area contributed by atoms with E-state index in [-0.39, 0.29) is 23.5 Å². The third kappa shape index (κ3) is 5.12. The van der Waals surface area contributed by atoms with Gasteiger partial charge in [0.15, 0.2) is 6.61 Å². The molecule has 1 aliphatic rings. The number of piperidine rings is 1. The van der Waals surface area contributed by atoms with Crippen LogP contribution in [0.4, 0.5) is 0 Å². The van der Waals surface area contributed by atoms with Gasteiger partial charge in [-0.2, -0.15) is 4.31 Å². The SMILES string of the molecule is COc1cc(C)c(C)cc1S(=O)(=O)N1CCC(NC(=O)COc2ccccc2)CC1. The van der Waals surface area contributed by atoms with Gasteiger partial charge >= 0.3 is 0 Å². The van der Waals surface area contributed by atoms with Crippen LogP contribution in [0, 0.1) is 13.8 Å². The van der Waals surface area contributed by atoms with E-state index < -0.39 is 10.0 Å². The van der Waals surface area contributed by atoms with Gasteiger partial charge in [0.25, 0.3) is 5.91 Å². The summed E-state index contributed by atoms with van der Waals surface area (Å²) in [5.41, 5.74) is 1.87. The van der Waals surface area contributed by atoms with Gasteiger partial charge in [-0.25, -0.2) is 8.42 Å². The van der Waals surface area contributed by atoms with Gasteiger partial charge in [-0.15, -0.1) is 0 Å². The van der Waals surface area contributed by atoms with E-state index in [1.807, 2.05) is 32.0 Å². The number of nitrogens with one attached hydrogen (secondary N) is 1. The van der Waals surface area contributed by atoms with Crippen molar-refractivity contribution in [2.75, 3.05) is 26.8 Å². The van der Waals surface area contributed by atoms with Gasteiger partial charge in [-0.05, 0) is 62.1 Å². The van der Waals surface area contributed by atoms with E-state index in [0.717, 1.165) is 11.1 Å². The molecule has 0 spiro atoms. The molecule has 0 aliphatic carbocycles. The Morgan fingerprint density at radius 1 is 1.10 bits per heavy atom. The van der Waals surface area contributed by atoms with Gasteiger partial charge in [0.05, 0.1) is 7.11 Å². The summed E-state index contributed by atoms with van der Waals surface area (Å²) in [5, 5.41) is 2.93. The van der Waals surface area contributed by atoms with Crippen LogP contribution in [-0.4, -0.2) is 51.5 Å². The number of sulfonamides is 1. The molecule has 2 aromatic rings. The average molecular weight is 433 g/mol. The predicted molar refractivity (Wildman–Crippen MR) is 114 cm³/mol. The lowest BCUT2D eigenvalue weighted by atomic mass is 10.1. The van der Waals surface area contributed by atoms with Gasteiger partial charge in [0.1, 0.15) is 16.4 Å². The predicted octanol–water partition coefficient (Wildman–Crippen LogP) is 2.66. The molecule has 0 unspecified atom stereocenters. The Labute approximate surface area is 178 Å². The maximum absolute atomic E-state index is 13.2. The molecule has 1 amide bonds. The Morgan fingerprint density at radius 2 is 1.73 bits per heavy atom. The highest BCUT2D eigenvalue weighted by atomic mass is 32.2. The van der Waals surface area contributed by atoms with Crippen molar-refractivity contribution in [1.29, 1.82) is 0 Å². The number of nitrogens with zero attached hydrogens (tertiary/aromatic N) is 1. The molecule has 7 nitrogen and oxygen atoms in total. The summed E-state index contributed by atoms with van der Waals surface area (Å²) in [5.74, 6) is 0.776. The summed E-state index contributed by atoms with van der Waals surface area (Å²) >= 11 is 0. The Balaban J connectivity index is 1.57. The minimum Gasteiger partial charge on any atom is -0.495 e. The molecule has 0 radical (unpaired) electrons. The van der Waals surface area contributed by atoms with Crippen molar-refractivity contribution < 1.29 is 22.7 Å². The summed E-state index contributed by atoms with van der Waals surface area (Å²) < 4.78 is 38.6. The fourth-order valence-electron chi connectivity index (χ4n) is 3.44.